The van der Waals surface area contributed by atoms with Crippen LogP contribution in [-0.2, 0) is 14.8 Å². The van der Waals surface area contributed by atoms with Gasteiger partial charge < -0.3 is 10.1 Å². The number of hydrogen-bond acceptors (Lipinski definition) is 5. The molecule has 0 bridgehead atoms. The number of esters is 1. The van der Waals surface area contributed by atoms with Gasteiger partial charge in [-0.25, -0.2) is 13.2 Å². The molecule has 7 nitrogen and oxygen atoms in total. The summed E-state index contributed by atoms with van der Waals surface area (Å²) in [6.07, 6.45) is 0. The van der Waals surface area contributed by atoms with Crippen LogP contribution < -0.4 is 10.0 Å². The minimum Gasteiger partial charge on any atom is -0.462 e. The van der Waals surface area contributed by atoms with E-state index in [0.29, 0.717) is 11.3 Å². The Hall–Kier alpha value is -3.36. The van der Waals surface area contributed by atoms with Gasteiger partial charge in [0.1, 0.15) is 0 Å². The molecule has 0 unspecified atom stereocenters. The fourth-order valence-corrected chi connectivity index (χ4v) is 4.19. The zero-order valence-corrected chi connectivity index (χ0v) is 19.0. The van der Waals surface area contributed by atoms with Crippen molar-refractivity contribution in [3.8, 4) is 0 Å². The van der Waals surface area contributed by atoms with Crippen LogP contribution in [0.1, 0.15) is 33.2 Å². The molecule has 0 fully saturated rings. The summed E-state index contributed by atoms with van der Waals surface area (Å²) in [4.78, 5) is 24.9. The summed E-state index contributed by atoms with van der Waals surface area (Å²) >= 11 is 6.05. The van der Waals surface area contributed by atoms with Crippen LogP contribution in [-0.4, -0.2) is 26.9 Å². The highest BCUT2D eigenvalue weighted by atomic mass is 35.5. The van der Waals surface area contributed by atoms with Gasteiger partial charge in [0.2, 0.25) is 0 Å². The average Bonchev–Trinajstić information content (AvgIpc) is 2.77. The lowest BCUT2D eigenvalue weighted by atomic mass is 10.1. The Balaban J connectivity index is 1.83. The fourth-order valence-electron chi connectivity index (χ4n) is 2.85. The number of carbonyl (C=O) groups excluding carboxylic acids is 2. The molecule has 1 amide bonds. The van der Waals surface area contributed by atoms with E-state index in [1.54, 1.807) is 50.2 Å². The molecule has 0 aliphatic heterocycles. The number of nitrogens with one attached hydrogen (secondary N) is 2. The number of aryl methyl sites for hydroxylation is 1. The van der Waals surface area contributed by atoms with E-state index >= 15 is 0 Å². The quantitative estimate of drug-likeness (QED) is 0.477. The second-order valence-corrected chi connectivity index (χ2v) is 8.91. The van der Waals surface area contributed by atoms with E-state index in [-0.39, 0.29) is 33.3 Å². The minimum atomic E-state index is -3.81. The number of rotatable bonds is 7. The Bertz CT molecular complexity index is 1260. The lowest BCUT2D eigenvalue weighted by Crippen LogP contribution is -2.16. The number of halogens is 1. The summed E-state index contributed by atoms with van der Waals surface area (Å²) in [6.45, 7) is 3.60. The topological polar surface area (TPSA) is 102 Å². The number of sulfonamides is 1. The Labute approximate surface area is 191 Å². The molecule has 32 heavy (non-hydrogen) atoms. The van der Waals surface area contributed by atoms with E-state index in [2.05, 4.69) is 10.0 Å². The summed E-state index contributed by atoms with van der Waals surface area (Å²) in [7, 11) is -3.81. The van der Waals surface area contributed by atoms with Gasteiger partial charge in [0, 0.05) is 11.3 Å². The highest BCUT2D eigenvalue weighted by Gasteiger charge is 2.17. The third-order valence-electron chi connectivity index (χ3n) is 4.52. The van der Waals surface area contributed by atoms with Gasteiger partial charge in [-0.15, -0.1) is 0 Å². The summed E-state index contributed by atoms with van der Waals surface area (Å²) in [6, 6.07) is 17.1. The predicted octanol–water partition coefficient (Wildman–Crippen LogP) is 4.88. The molecule has 9 heteroatoms. The average molecular weight is 473 g/mol. The van der Waals surface area contributed by atoms with E-state index in [1.165, 1.54) is 30.3 Å². The Kier molecular flexibility index (Phi) is 7.17. The second kappa shape index (κ2) is 9.84. The Morgan fingerprint density at radius 3 is 2.41 bits per heavy atom. The third-order valence-corrected chi connectivity index (χ3v) is 6.23. The highest BCUT2D eigenvalue weighted by Crippen LogP contribution is 2.24. The molecule has 0 aliphatic carbocycles. The maximum Gasteiger partial charge on any atom is 0.339 e. The van der Waals surface area contributed by atoms with Gasteiger partial charge >= 0.3 is 5.97 Å². The predicted molar refractivity (Wildman–Crippen MR) is 124 cm³/mol. The first kappa shape index (κ1) is 23.3. The third kappa shape index (κ3) is 5.46. The van der Waals surface area contributed by atoms with Crippen molar-refractivity contribution in [3.63, 3.8) is 0 Å². The first-order chi connectivity index (χ1) is 15.2. The SMILES string of the molecule is CCOC(=O)c1cc(NC(=O)c2ccc(C)c(NS(=O)(=O)c3ccccc3)c2)ccc1Cl. The zero-order valence-electron chi connectivity index (χ0n) is 17.4. The van der Waals surface area contributed by atoms with Crippen LogP contribution in [0.2, 0.25) is 5.02 Å². The van der Waals surface area contributed by atoms with Gasteiger partial charge in [-0.2, -0.15) is 0 Å². The fraction of sp³-hybridized carbons (Fsp3) is 0.130. The number of anilines is 2. The molecular weight excluding hydrogens is 452 g/mol. The van der Waals surface area contributed by atoms with Gasteiger partial charge in [-0.05, 0) is 61.9 Å². The van der Waals surface area contributed by atoms with Gasteiger partial charge in [-0.3, -0.25) is 9.52 Å². The summed E-state index contributed by atoms with van der Waals surface area (Å²) in [5, 5.41) is 2.88. The van der Waals surface area contributed by atoms with Crippen molar-refractivity contribution in [1.29, 1.82) is 0 Å². The molecule has 3 aromatic rings. The molecule has 0 aromatic heterocycles. The largest absolute Gasteiger partial charge is 0.462 e. The first-order valence-electron chi connectivity index (χ1n) is 9.68. The maximum atomic E-state index is 12.8. The molecule has 0 saturated carbocycles. The van der Waals surface area contributed by atoms with Crippen LogP contribution in [0.4, 0.5) is 11.4 Å². The van der Waals surface area contributed by atoms with Crippen molar-refractivity contribution in [3.05, 3.63) is 88.4 Å². The molecule has 0 heterocycles. The van der Waals surface area contributed by atoms with Crippen LogP contribution in [0, 0.1) is 6.92 Å². The van der Waals surface area contributed by atoms with E-state index in [4.69, 9.17) is 16.3 Å². The van der Waals surface area contributed by atoms with Crippen LogP contribution in [0.25, 0.3) is 0 Å². The molecule has 2 N–H and O–H groups in total. The second-order valence-electron chi connectivity index (χ2n) is 6.82. The molecule has 166 valence electrons. The van der Waals surface area contributed by atoms with Crippen LogP contribution in [0.3, 0.4) is 0 Å². The summed E-state index contributed by atoms with van der Waals surface area (Å²) in [5.41, 5.74) is 1.64. The molecule has 0 spiro atoms. The van der Waals surface area contributed by atoms with E-state index in [1.807, 2.05) is 0 Å². The van der Waals surface area contributed by atoms with Gasteiger partial charge in [0.25, 0.3) is 15.9 Å². The Morgan fingerprint density at radius 2 is 1.72 bits per heavy atom. The minimum absolute atomic E-state index is 0.113. The smallest absolute Gasteiger partial charge is 0.339 e. The molecule has 0 aliphatic rings. The Morgan fingerprint density at radius 1 is 1.00 bits per heavy atom. The van der Waals surface area contributed by atoms with Gasteiger partial charge in [-0.1, -0.05) is 35.9 Å². The number of amides is 1. The molecule has 0 saturated heterocycles. The van der Waals surface area contributed by atoms with E-state index in [9.17, 15) is 18.0 Å². The normalized spacial score (nSPS) is 11.0. The molecule has 3 aromatic carbocycles. The standard InChI is InChI=1S/C23H21ClN2O5S/c1-3-31-23(28)19-14-17(11-12-20(19)24)25-22(27)16-10-9-15(2)21(13-16)26-32(29,30)18-7-5-4-6-8-18/h4-14,26H,3H2,1-2H3,(H,25,27). The lowest BCUT2D eigenvalue weighted by molar-refractivity contribution is 0.0526. The van der Waals surface area contributed by atoms with Crippen molar-refractivity contribution >= 4 is 44.9 Å². The first-order valence-corrected chi connectivity index (χ1v) is 11.5. The maximum absolute atomic E-state index is 12.8. The van der Waals surface area contributed by atoms with Gasteiger partial charge in [0.05, 0.1) is 27.8 Å². The molecule has 0 atom stereocenters. The summed E-state index contributed by atoms with van der Waals surface area (Å²) in [5.74, 6) is -1.08. The van der Waals surface area contributed by atoms with Gasteiger partial charge in [0.15, 0.2) is 0 Å². The lowest BCUT2D eigenvalue weighted by Gasteiger charge is -2.13. The molecule has 3 rings (SSSR count). The van der Waals surface area contributed by atoms with Crippen molar-refractivity contribution in [2.24, 2.45) is 0 Å². The number of benzene rings is 3. The summed E-state index contributed by atoms with van der Waals surface area (Å²) < 4.78 is 32.8. The van der Waals surface area contributed by atoms with Crippen LogP contribution in [0.15, 0.2) is 71.6 Å². The van der Waals surface area contributed by atoms with Crippen LogP contribution in [0.5, 0.6) is 0 Å². The van der Waals surface area contributed by atoms with Crippen molar-refractivity contribution < 1.29 is 22.7 Å². The number of carbonyl (C=O) groups is 2. The molecule has 0 radical (unpaired) electrons. The number of ether oxygens (including phenoxy) is 1. The van der Waals surface area contributed by atoms with Crippen molar-refractivity contribution in [1.82, 2.24) is 0 Å². The van der Waals surface area contributed by atoms with E-state index in [0.717, 1.165) is 0 Å². The zero-order chi connectivity index (χ0) is 23.3. The van der Waals surface area contributed by atoms with E-state index < -0.39 is 21.9 Å². The van der Waals surface area contributed by atoms with Crippen LogP contribution >= 0.6 is 11.6 Å². The van der Waals surface area contributed by atoms with Crippen molar-refractivity contribution in [2.45, 2.75) is 18.7 Å². The number of hydrogen-bond donors (Lipinski definition) is 2. The molecular formula is C23H21ClN2O5S. The highest BCUT2D eigenvalue weighted by molar-refractivity contribution is 7.92. The monoisotopic (exact) mass is 472 g/mol. The van der Waals surface area contributed by atoms with Crippen molar-refractivity contribution in [2.75, 3.05) is 16.6 Å².